The van der Waals surface area contributed by atoms with Gasteiger partial charge in [0.2, 0.25) is 5.91 Å². The normalized spacial score (nSPS) is 13.4. The summed E-state index contributed by atoms with van der Waals surface area (Å²) in [6, 6.07) is 17.5. The SMILES string of the molecule is C[N-]S(=O)(=O)Nc1cccc(Cc2c(CN3CCC(N(C)CCN(C)C(=O)Oc4ccc5c(CNCC(=O)N(C)C)c(Cc6cccc(NS(=O)(=O)NC)c6F)c(=O)oc5c4)CC3)c3ccc(OC(=O)N(C)C)cc3oc2=O)c1F. The van der Waals surface area contributed by atoms with Crippen molar-refractivity contribution < 1.29 is 58.3 Å². The Balaban J connectivity index is 1.02. The number of amides is 3. The predicted molar refractivity (Wildman–Crippen MR) is 297 cm³/mol. The molecule has 0 saturated carbocycles. The van der Waals surface area contributed by atoms with Crippen LogP contribution in [0.3, 0.4) is 0 Å². The highest BCUT2D eigenvalue weighted by Gasteiger charge is 2.28. The number of nitrogens with zero attached hydrogens (tertiary/aromatic N) is 6. The number of rotatable bonds is 22. The molecule has 0 radical (unpaired) electrons. The van der Waals surface area contributed by atoms with Gasteiger partial charge in [-0.05, 0) is 91.6 Å². The maximum absolute atomic E-state index is 15.9. The quantitative estimate of drug-likeness (QED) is 0.0639. The summed E-state index contributed by atoms with van der Waals surface area (Å²) < 4.78 is 112. The van der Waals surface area contributed by atoms with Gasteiger partial charge in [-0.1, -0.05) is 24.3 Å². The van der Waals surface area contributed by atoms with Crippen LogP contribution in [-0.4, -0.2) is 155 Å². The van der Waals surface area contributed by atoms with Crippen LogP contribution in [0.1, 0.15) is 46.2 Å². The van der Waals surface area contributed by atoms with E-state index in [1.54, 1.807) is 39.3 Å². The first-order chi connectivity index (χ1) is 37.9. The molecule has 2 aromatic heterocycles. The zero-order valence-corrected chi connectivity index (χ0v) is 47.0. The second kappa shape index (κ2) is 25.7. The molecule has 3 amide bonds. The van der Waals surface area contributed by atoms with Gasteiger partial charge < -0.3 is 47.9 Å². The van der Waals surface area contributed by atoms with Gasteiger partial charge in [0.1, 0.15) is 22.7 Å². The molecule has 0 aliphatic carbocycles. The number of likely N-dealkylation sites (N-methyl/N-ethyl adjacent to an activating group) is 3. The van der Waals surface area contributed by atoms with Crippen molar-refractivity contribution in [3.63, 3.8) is 0 Å². The molecule has 1 saturated heterocycles. The van der Waals surface area contributed by atoms with E-state index in [-0.39, 0.29) is 107 Å². The monoisotopic (exact) mass is 1150 g/mol. The maximum atomic E-state index is 15.9. The molecule has 3 heterocycles. The summed E-state index contributed by atoms with van der Waals surface area (Å²) >= 11 is 0. The summed E-state index contributed by atoms with van der Waals surface area (Å²) in [5, 5.41) is 3.97. The molecular formula is C53H63F2N10O13S2-. The standard InChI is InChI=1S/C53H63F2N10O13S2/c1-56-79(71,72)59-43-13-9-11-32(48(43)54)25-39-41(29-58-30-47(66)61(3)4)37-17-15-36(28-45(37)77-50(39)67)76-53(70)64(8)24-23-63(7)34-19-21-65(22-20-34)31-42-38-18-16-35(75-52(69)62(5)6)27-46(38)78-51(68)40(42)26-33-12-10-14-44(49(33)55)60-80(73,74)57-2/h9-18,27-28,34,56,58-60H,19-26,29-31H2,1-8H3/q-1. The highest BCUT2D eigenvalue weighted by molar-refractivity contribution is 7.95. The fraction of sp³-hybridized carbons (Fsp3) is 0.377. The number of carbonyl (C=O) groups excluding carboxylic acids is 3. The van der Waals surface area contributed by atoms with Crippen LogP contribution in [0.2, 0.25) is 0 Å². The number of carbonyl (C=O) groups is 3. The van der Waals surface area contributed by atoms with Crippen LogP contribution >= 0.6 is 0 Å². The summed E-state index contributed by atoms with van der Waals surface area (Å²) in [6.45, 7) is 2.07. The van der Waals surface area contributed by atoms with Crippen molar-refractivity contribution in [3.8, 4) is 11.5 Å². The van der Waals surface area contributed by atoms with Crippen molar-refractivity contribution in [2.75, 3.05) is 98.5 Å². The number of anilines is 2. The first kappa shape index (κ1) is 60.1. The van der Waals surface area contributed by atoms with Gasteiger partial charge in [-0.2, -0.15) is 8.42 Å². The summed E-state index contributed by atoms with van der Waals surface area (Å²) in [7, 11) is 3.72. The minimum absolute atomic E-state index is 0.00794. The highest BCUT2D eigenvalue weighted by atomic mass is 32.2. The van der Waals surface area contributed by atoms with Crippen molar-refractivity contribution >= 4 is 71.8 Å². The molecule has 4 aromatic carbocycles. The number of hydrogen-bond donors (Lipinski definition) is 4. The average molecular weight is 1150 g/mol. The van der Waals surface area contributed by atoms with Crippen LogP contribution in [-0.2, 0) is 51.1 Å². The number of piperidine rings is 1. The van der Waals surface area contributed by atoms with Gasteiger partial charge >= 0.3 is 23.4 Å². The van der Waals surface area contributed by atoms with E-state index in [9.17, 15) is 40.8 Å². The molecule has 4 N–H and O–H groups in total. The van der Waals surface area contributed by atoms with E-state index in [2.05, 4.69) is 34.0 Å². The van der Waals surface area contributed by atoms with Crippen molar-refractivity contribution in [1.29, 1.82) is 0 Å². The average Bonchev–Trinajstić information content (AvgIpc) is 3.42. The zero-order valence-electron chi connectivity index (χ0n) is 45.3. The molecule has 0 bridgehead atoms. The number of halogens is 2. The van der Waals surface area contributed by atoms with Crippen molar-refractivity contribution in [2.45, 2.75) is 44.8 Å². The number of nitrogens with one attached hydrogen (secondary N) is 4. The fourth-order valence-corrected chi connectivity index (χ4v) is 10.0. The third kappa shape index (κ3) is 14.8. The van der Waals surface area contributed by atoms with Crippen LogP contribution < -0.4 is 40.2 Å². The number of fused-ring (bicyclic) bond motifs is 2. The third-order valence-electron chi connectivity index (χ3n) is 13.6. The van der Waals surface area contributed by atoms with E-state index in [0.717, 1.165) is 14.1 Å². The van der Waals surface area contributed by atoms with E-state index in [0.29, 0.717) is 54.4 Å². The molecule has 7 rings (SSSR count). The Kier molecular flexibility index (Phi) is 19.3. The summed E-state index contributed by atoms with van der Waals surface area (Å²) in [4.78, 5) is 74.2. The molecule has 430 valence electrons. The number of likely N-dealkylation sites (tertiary alicyclic amines) is 1. The second-order valence-corrected chi connectivity index (χ2v) is 22.6. The lowest BCUT2D eigenvalue weighted by molar-refractivity contribution is -0.127. The Hall–Kier alpha value is -7.53. The highest BCUT2D eigenvalue weighted by Crippen LogP contribution is 2.32. The Bertz CT molecular complexity index is 3650. The minimum atomic E-state index is -4.18. The Labute approximate surface area is 461 Å². The van der Waals surface area contributed by atoms with Crippen LogP contribution in [0.5, 0.6) is 11.5 Å². The summed E-state index contributed by atoms with van der Waals surface area (Å²) in [5.74, 6) is -1.82. The van der Waals surface area contributed by atoms with Gasteiger partial charge in [-0.15, -0.1) is 7.05 Å². The summed E-state index contributed by atoms with van der Waals surface area (Å²) in [6.07, 6.45) is -0.460. The van der Waals surface area contributed by atoms with Crippen LogP contribution in [0.15, 0.2) is 91.2 Å². The van der Waals surface area contributed by atoms with E-state index in [4.69, 9.17) is 18.3 Å². The lowest BCUT2D eigenvalue weighted by atomic mass is 9.96. The molecule has 0 atom stereocenters. The second-order valence-electron chi connectivity index (χ2n) is 19.4. The lowest BCUT2D eigenvalue weighted by Gasteiger charge is -2.37. The molecule has 0 unspecified atom stereocenters. The fourth-order valence-electron chi connectivity index (χ4n) is 8.93. The zero-order chi connectivity index (χ0) is 58.2. The van der Waals surface area contributed by atoms with Crippen molar-refractivity contribution in [1.82, 2.24) is 34.5 Å². The van der Waals surface area contributed by atoms with Gasteiger partial charge in [-0.25, -0.2) is 41.1 Å². The molecule has 1 aliphatic rings. The lowest BCUT2D eigenvalue weighted by Crippen LogP contribution is -2.45. The predicted octanol–water partition coefficient (Wildman–Crippen LogP) is 5.16. The van der Waals surface area contributed by atoms with Crippen molar-refractivity contribution in [3.05, 3.63) is 143 Å². The van der Waals surface area contributed by atoms with E-state index >= 15 is 8.78 Å². The molecule has 23 nitrogen and oxygen atoms in total. The Morgan fingerprint density at radius 2 is 1.23 bits per heavy atom. The van der Waals surface area contributed by atoms with Gasteiger partial charge in [-0.3, -0.25) is 19.1 Å². The molecule has 1 fully saturated rings. The third-order valence-corrected chi connectivity index (χ3v) is 15.6. The minimum Gasteiger partial charge on any atom is -0.533 e. The molecule has 0 spiro atoms. The van der Waals surface area contributed by atoms with Gasteiger partial charge in [0.15, 0.2) is 21.8 Å². The van der Waals surface area contributed by atoms with Gasteiger partial charge in [0.05, 0.1) is 17.9 Å². The maximum Gasteiger partial charge on any atom is 0.415 e. The van der Waals surface area contributed by atoms with Crippen molar-refractivity contribution in [2.24, 2.45) is 0 Å². The van der Waals surface area contributed by atoms with E-state index in [1.807, 2.05) is 7.05 Å². The van der Waals surface area contributed by atoms with Gasteiger partial charge in [0, 0.05) is 121 Å². The van der Waals surface area contributed by atoms with E-state index < -0.39 is 55.5 Å². The van der Waals surface area contributed by atoms with Crippen LogP contribution in [0.25, 0.3) is 26.7 Å². The smallest absolute Gasteiger partial charge is 0.415 e. The first-order valence-corrected chi connectivity index (χ1v) is 28.0. The van der Waals surface area contributed by atoms with Crippen LogP contribution in [0.4, 0.5) is 29.7 Å². The topological polar surface area (TPSA) is 277 Å². The Morgan fingerprint density at radius 3 is 1.75 bits per heavy atom. The summed E-state index contributed by atoms with van der Waals surface area (Å²) in [5.41, 5.74) is -0.886. The van der Waals surface area contributed by atoms with Gasteiger partial charge in [0.25, 0.3) is 10.2 Å². The molecule has 6 aromatic rings. The largest absolute Gasteiger partial charge is 0.533 e. The molecule has 80 heavy (non-hydrogen) atoms. The van der Waals surface area contributed by atoms with E-state index in [1.165, 1.54) is 83.4 Å². The number of hydrogen-bond acceptors (Lipinski definition) is 16. The molecule has 1 aliphatic heterocycles. The first-order valence-electron chi connectivity index (χ1n) is 25.1. The van der Waals surface area contributed by atoms with Crippen LogP contribution in [0, 0.1) is 11.6 Å². The molecule has 27 heteroatoms. The Morgan fingerprint density at radius 1 is 0.700 bits per heavy atom. The molecular weight excluding hydrogens is 1090 g/mol. The number of ether oxygens (including phenoxy) is 2. The number of benzene rings is 4.